The molecule has 18 heavy (non-hydrogen) atoms. The molecule has 4 nitrogen and oxygen atoms in total. The minimum Gasteiger partial charge on any atom is -0.465 e. The number of esters is 1. The standard InChI is InChI=1S/C8H16O3.C6H12O/c1-3-7(2)8(10)11-6-4-5-9;1-4-5(2)6(3)7/h7,9H,3-6H2,1-2H3;5H,4H2,1-3H3. The first-order chi connectivity index (χ1) is 8.40. The maximum Gasteiger partial charge on any atom is 0.308 e. The molecule has 0 amide bonds. The van der Waals surface area contributed by atoms with Gasteiger partial charge in [0.1, 0.15) is 5.78 Å². The van der Waals surface area contributed by atoms with Crippen molar-refractivity contribution in [3.8, 4) is 0 Å². The molecule has 0 saturated heterocycles. The zero-order valence-electron chi connectivity index (χ0n) is 12.4. The summed E-state index contributed by atoms with van der Waals surface area (Å²) >= 11 is 0. The van der Waals surface area contributed by atoms with Crippen molar-refractivity contribution in [1.82, 2.24) is 0 Å². The topological polar surface area (TPSA) is 63.6 Å². The summed E-state index contributed by atoms with van der Waals surface area (Å²) in [5, 5.41) is 8.38. The molecule has 0 spiro atoms. The van der Waals surface area contributed by atoms with Crippen LogP contribution >= 0.6 is 0 Å². The van der Waals surface area contributed by atoms with Crippen molar-refractivity contribution >= 4 is 11.8 Å². The third kappa shape index (κ3) is 11.6. The molecule has 108 valence electrons. The van der Waals surface area contributed by atoms with Crippen LogP contribution in [0.1, 0.15) is 53.9 Å². The van der Waals surface area contributed by atoms with Gasteiger partial charge in [0.15, 0.2) is 0 Å². The fourth-order valence-electron chi connectivity index (χ4n) is 0.834. The lowest BCUT2D eigenvalue weighted by Crippen LogP contribution is -2.14. The third-order valence-electron chi connectivity index (χ3n) is 2.87. The fourth-order valence-corrected chi connectivity index (χ4v) is 0.834. The normalized spacial score (nSPS) is 13.0. The molecule has 1 N–H and O–H groups in total. The Morgan fingerprint density at radius 2 is 1.61 bits per heavy atom. The van der Waals surface area contributed by atoms with Crippen LogP contribution in [-0.2, 0) is 14.3 Å². The van der Waals surface area contributed by atoms with Crippen molar-refractivity contribution in [1.29, 1.82) is 0 Å². The molecule has 4 heteroatoms. The molecular weight excluding hydrogens is 232 g/mol. The molecule has 0 aromatic heterocycles. The Morgan fingerprint density at radius 3 is 1.89 bits per heavy atom. The van der Waals surface area contributed by atoms with Gasteiger partial charge in [0.05, 0.1) is 12.5 Å². The van der Waals surface area contributed by atoms with E-state index in [0.717, 1.165) is 12.8 Å². The van der Waals surface area contributed by atoms with Gasteiger partial charge >= 0.3 is 5.97 Å². The van der Waals surface area contributed by atoms with E-state index in [4.69, 9.17) is 9.84 Å². The van der Waals surface area contributed by atoms with Crippen LogP contribution in [0.25, 0.3) is 0 Å². The Kier molecular flexibility index (Phi) is 13.6. The van der Waals surface area contributed by atoms with E-state index >= 15 is 0 Å². The average Bonchev–Trinajstić information content (AvgIpc) is 2.37. The van der Waals surface area contributed by atoms with E-state index in [0.29, 0.717) is 18.8 Å². The highest BCUT2D eigenvalue weighted by molar-refractivity contribution is 5.77. The summed E-state index contributed by atoms with van der Waals surface area (Å²) in [6, 6.07) is 0. The Morgan fingerprint density at radius 1 is 1.11 bits per heavy atom. The Balaban J connectivity index is 0. The Labute approximate surface area is 111 Å². The molecule has 0 heterocycles. The van der Waals surface area contributed by atoms with E-state index in [1.165, 1.54) is 0 Å². The van der Waals surface area contributed by atoms with Crippen molar-refractivity contribution in [3.63, 3.8) is 0 Å². The van der Waals surface area contributed by atoms with Crippen LogP contribution in [0.2, 0.25) is 0 Å². The smallest absolute Gasteiger partial charge is 0.308 e. The summed E-state index contributed by atoms with van der Waals surface area (Å²) in [6.45, 7) is 9.79. The van der Waals surface area contributed by atoms with Gasteiger partial charge in [-0.3, -0.25) is 9.59 Å². The quantitative estimate of drug-likeness (QED) is 0.564. The van der Waals surface area contributed by atoms with Crippen LogP contribution in [0.4, 0.5) is 0 Å². The summed E-state index contributed by atoms with van der Waals surface area (Å²) in [5.74, 6) is 0.372. The highest BCUT2D eigenvalue weighted by atomic mass is 16.5. The number of Topliss-reactive ketones (excluding diaryl/α,β-unsaturated/α-hetero) is 1. The van der Waals surface area contributed by atoms with Crippen molar-refractivity contribution < 1.29 is 19.4 Å². The molecular formula is C14H28O4. The predicted molar refractivity (Wildman–Crippen MR) is 72.3 cm³/mol. The highest BCUT2D eigenvalue weighted by Gasteiger charge is 2.10. The first-order valence-electron chi connectivity index (χ1n) is 6.68. The van der Waals surface area contributed by atoms with Crippen LogP contribution < -0.4 is 0 Å². The molecule has 2 atom stereocenters. The second kappa shape index (κ2) is 12.6. The van der Waals surface area contributed by atoms with E-state index in [9.17, 15) is 9.59 Å². The van der Waals surface area contributed by atoms with Crippen LogP contribution in [0.15, 0.2) is 0 Å². The second-order valence-electron chi connectivity index (χ2n) is 4.47. The van der Waals surface area contributed by atoms with Gasteiger partial charge in [0.2, 0.25) is 0 Å². The fraction of sp³-hybridized carbons (Fsp3) is 0.857. The molecule has 0 saturated carbocycles. The zero-order chi connectivity index (χ0) is 14.6. The van der Waals surface area contributed by atoms with Gasteiger partial charge in [-0.05, 0) is 19.8 Å². The van der Waals surface area contributed by atoms with E-state index in [2.05, 4.69) is 0 Å². The van der Waals surface area contributed by atoms with Crippen molar-refractivity contribution in [2.75, 3.05) is 13.2 Å². The van der Waals surface area contributed by atoms with E-state index in [1.807, 2.05) is 27.7 Å². The lowest BCUT2D eigenvalue weighted by molar-refractivity contribution is -0.148. The summed E-state index contributed by atoms with van der Waals surface area (Å²) in [5.41, 5.74) is 0. The maximum absolute atomic E-state index is 10.9. The minimum absolute atomic E-state index is 0.0197. The van der Waals surface area contributed by atoms with Gasteiger partial charge in [-0.2, -0.15) is 0 Å². The molecule has 0 aliphatic heterocycles. The number of aliphatic hydroxyl groups excluding tert-OH is 1. The van der Waals surface area contributed by atoms with Crippen LogP contribution in [0, 0.1) is 11.8 Å². The monoisotopic (exact) mass is 260 g/mol. The Bertz CT molecular complexity index is 226. The summed E-state index contributed by atoms with van der Waals surface area (Å²) in [7, 11) is 0. The SMILES string of the molecule is CCC(C)C(=O)OCCCO.CCC(C)C(C)=O. The van der Waals surface area contributed by atoms with Gasteiger partial charge in [0.25, 0.3) is 0 Å². The number of carbonyl (C=O) groups excluding carboxylic acids is 2. The van der Waals surface area contributed by atoms with Gasteiger partial charge in [0, 0.05) is 18.9 Å². The third-order valence-corrected chi connectivity index (χ3v) is 2.87. The molecule has 0 aromatic rings. The Hall–Kier alpha value is -0.900. The van der Waals surface area contributed by atoms with Crippen LogP contribution in [0.5, 0.6) is 0 Å². The van der Waals surface area contributed by atoms with Gasteiger partial charge in [-0.25, -0.2) is 0 Å². The van der Waals surface area contributed by atoms with Crippen LogP contribution in [-0.4, -0.2) is 30.1 Å². The number of aliphatic hydroxyl groups is 1. The van der Waals surface area contributed by atoms with Crippen LogP contribution in [0.3, 0.4) is 0 Å². The molecule has 0 aliphatic rings. The lowest BCUT2D eigenvalue weighted by atomic mass is 10.1. The average molecular weight is 260 g/mol. The first kappa shape index (κ1) is 19.4. The molecule has 0 radical (unpaired) electrons. The molecule has 0 fully saturated rings. The summed E-state index contributed by atoms with van der Waals surface area (Å²) < 4.78 is 4.84. The van der Waals surface area contributed by atoms with Crippen molar-refractivity contribution in [3.05, 3.63) is 0 Å². The summed E-state index contributed by atoms with van der Waals surface area (Å²) in [6.07, 6.45) is 2.30. The first-order valence-corrected chi connectivity index (χ1v) is 6.68. The molecule has 0 rings (SSSR count). The second-order valence-corrected chi connectivity index (χ2v) is 4.47. The number of hydrogen-bond acceptors (Lipinski definition) is 4. The molecule has 0 aromatic carbocycles. The van der Waals surface area contributed by atoms with Crippen molar-refractivity contribution in [2.45, 2.75) is 53.9 Å². The predicted octanol–water partition coefficient (Wildman–Crippen LogP) is 2.58. The van der Waals surface area contributed by atoms with Gasteiger partial charge < -0.3 is 9.84 Å². The lowest BCUT2D eigenvalue weighted by Gasteiger charge is -2.07. The highest BCUT2D eigenvalue weighted by Crippen LogP contribution is 2.02. The summed E-state index contributed by atoms with van der Waals surface area (Å²) in [4.78, 5) is 21.3. The number of hydrogen-bond donors (Lipinski definition) is 1. The van der Waals surface area contributed by atoms with E-state index in [-0.39, 0.29) is 24.4 Å². The number of rotatable bonds is 7. The van der Waals surface area contributed by atoms with E-state index in [1.54, 1.807) is 6.92 Å². The van der Waals surface area contributed by atoms with Gasteiger partial charge in [-0.15, -0.1) is 0 Å². The molecule has 0 aliphatic carbocycles. The largest absolute Gasteiger partial charge is 0.465 e. The van der Waals surface area contributed by atoms with Gasteiger partial charge in [-0.1, -0.05) is 27.7 Å². The minimum atomic E-state index is -0.166. The van der Waals surface area contributed by atoms with Crippen molar-refractivity contribution in [2.24, 2.45) is 11.8 Å². The zero-order valence-corrected chi connectivity index (χ0v) is 12.4. The number of ketones is 1. The number of ether oxygens (including phenoxy) is 1. The van der Waals surface area contributed by atoms with E-state index < -0.39 is 0 Å². The maximum atomic E-state index is 10.9. The molecule has 2 unspecified atom stereocenters. The number of carbonyl (C=O) groups is 2. The molecule has 0 bridgehead atoms.